The van der Waals surface area contributed by atoms with Gasteiger partial charge in [-0.2, -0.15) is 0 Å². The van der Waals surface area contributed by atoms with Gasteiger partial charge in [-0.05, 0) is 57.9 Å². The zero-order valence-electron chi connectivity index (χ0n) is 20.7. The second-order valence-electron chi connectivity index (χ2n) is 10.8. The Balaban J connectivity index is 1.50. The molecule has 0 bridgehead atoms. The van der Waals surface area contributed by atoms with Gasteiger partial charge >= 0.3 is 12.2 Å². The Hall–Kier alpha value is -2.42. The minimum absolute atomic E-state index is 0.0985. The molecule has 1 aliphatic carbocycles. The van der Waals surface area contributed by atoms with Gasteiger partial charge in [-0.25, -0.2) is 18.4 Å². The summed E-state index contributed by atoms with van der Waals surface area (Å²) in [6.45, 7) is 4.73. The van der Waals surface area contributed by atoms with E-state index in [0.29, 0.717) is 5.92 Å². The lowest BCUT2D eigenvalue weighted by molar-refractivity contribution is -0.182. The molecule has 1 saturated carbocycles. The summed E-state index contributed by atoms with van der Waals surface area (Å²) in [6, 6.07) is 9.25. The van der Waals surface area contributed by atoms with Gasteiger partial charge in [0.15, 0.2) is 0 Å². The van der Waals surface area contributed by atoms with E-state index < -0.39 is 41.7 Å². The molecule has 1 aromatic carbocycles. The van der Waals surface area contributed by atoms with Crippen LogP contribution in [0.5, 0.6) is 0 Å². The van der Waals surface area contributed by atoms with Crippen molar-refractivity contribution in [1.29, 1.82) is 0 Å². The van der Waals surface area contributed by atoms with Crippen LogP contribution in [0.4, 0.5) is 18.4 Å². The maximum absolute atomic E-state index is 15.4. The van der Waals surface area contributed by atoms with E-state index in [9.17, 15) is 9.59 Å². The van der Waals surface area contributed by atoms with E-state index in [4.69, 9.17) is 14.2 Å². The molecular weight excluding hydrogens is 458 g/mol. The second-order valence-corrected chi connectivity index (χ2v) is 10.8. The molecule has 4 rings (SSSR count). The number of rotatable bonds is 4. The first kappa shape index (κ1) is 25.7. The Kier molecular flexibility index (Phi) is 7.27. The van der Waals surface area contributed by atoms with E-state index in [1.807, 2.05) is 18.2 Å². The number of cyclic esters (lactones) is 1. The van der Waals surface area contributed by atoms with E-state index in [-0.39, 0.29) is 32.3 Å². The number of halogens is 2. The molecule has 2 atom stereocenters. The monoisotopic (exact) mass is 494 g/mol. The van der Waals surface area contributed by atoms with Crippen LogP contribution in [0.2, 0.25) is 0 Å². The number of nitrogens with zero attached hydrogens (tertiary/aromatic N) is 1. The minimum atomic E-state index is -3.23. The van der Waals surface area contributed by atoms with Crippen LogP contribution in [0.3, 0.4) is 0 Å². The number of hydrogen-bond donors (Lipinski definition) is 1. The highest BCUT2D eigenvalue weighted by molar-refractivity contribution is 5.72. The smallest absolute Gasteiger partial charge is 0.410 e. The number of alkyl carbamates (subject to hydrolysis) is 1. The molecule has 2 heterocycles. The SMILES string of the molecule is CC(C)(C)OC(=O)N1CCC(F)(F)C2(CCOC(=O)N2)C1CO[C@H]1CC[C@@H](c2ccccc2)CC1. The topological polar surface area (TPSA) is 77.1 Å². The van der Waals surface area contributed by atoms with Crippen molar-refractivity contribution in [2.45, 2.75) is 94.4 Å². The Morgan fingerprint density at radius 3 is 2.46 bits per heavy atom. The molecule has 2 unspecified atom stereocenters. The van der Waals surface area contributed by atoms with Crippen molar-refractivity contribution in [1.82, 2.24) is 10.2 Å². The van der Waals surface area contributed by atoms with Gasteiger partial charge in [0.05, 0.1) is 25.4 Å². The van der Waals surface area contributed by atoms with Crippen molar-refractivity contribution in [2.75, 3.05) is 19.8 Å². The predicted molar refractivity (Wildman–Crippen MR) is 126 cm³/mol. The second kappa shape index (κ2) is 9.91. The highest BCUT2D eigenvalue weighted by Crippen LogP contribution is 2.45. The normalized spacial score (nSPS) is 30.9. The molecule has 9 heteroatoms. The highest BCUT2D eigenvalue weighted by Gasteiger charge is 2.65. The highest BCUT2D eigenvalue weighted by atomic mass is 19.3. The Morgan fingerprint density at radius 1 is 1.14 bits per heavy atom. The van der Waals surface area contributed by atoms with Gasteiger partial charge in [0.1, 0.15) is 11.1 Å². The van der Waals surface area contributed by atoms with E-state index in [1.54, 1.807) is 20.8 Å². The molecule has 0 aromatic heterocycles. The number of carbonyl (C=O) groups excluding carboxylic acids is 2. The van der Waals surface area contributed by atoms with E-state index in [0.717, 1.165) is 25.7 Å². The third kappa shape index (κ3) is 5.55. The summed E-state index contributed by atoms with van der Waals surface area (Å²) in [7, 11) is 0. The van der Waals surface area contributed by atoms with Crippen molar-refractivity contribution >= 4 is 12.2 Å². The van der Waals surface area contributed by atoms with Crippen LogP contribution in [0.1, 0.15) is 70.8 Å². The van der Waals surface area contributed by atoms with E-state index in [1.165, 1.54) is 10.5 Å². The largest absolute Gasteiger partial charge is 0.449 e. The molecule has 1 aromatic rings. The average Bonchev–Trinajstić information content (AvgIpc) is 2.80. The summed E-state index contributed by atoms with van der Waals surface area (Å²) in [5, 5.41) is 2.40. The summed E-state index contributed by atoms with van der Waals surface area (Å²) in [5.41, 5.74) is -1.46. The number of piperidine rings is 1. The fourth-order valence-corrected chi connectivity index (χ4v) is 5.55. The number of nitrogens with one attached hydrogen (secondary N) is 1. The maximum atomic E-state index is 15.4. The minimum Gasteiger partial charge on any atom is -0.449 e. The molecule has 2 saturated heterocycles. The van der Waals surface area contributed by atoms with Crippen molar-refractivity contribution < 1.29 is 32.6 Å². The quantitative estimate of drug-likeness (QED) is 0.619. The molecule has 1 spiro atoms. The molecule has 2 amide bonds. The van der Waals surface area contributed by atoms with Crippen LogP contribution in [-0.4, -0.2) is 66.1 Å². The van der Waals surface area contributed by atoms with Gasteiger partial charge in [-0.3, -0.25) is 0 Å². The standard InChI is InChI=1S/C26H36F2N2O5/c1-24(2,3)35-23(32)30-15-13-26(27,28)25(14-16-33-22(31)29-25)21(30)17-34-20-11-9-19(10-12-20)18-7-5-4-6-8-18/h4-8,19-21H,9-17H2,1-3H3,(H,29,31)/t19-,20+,21?,25?. The van der Waals surface area contributed by atoms with Gasteiger partial charge in [0, 0.05) is 19.4 Å². The molecule has 194 valence electrons. The Bertz CT molecular complexity index is 899. The van der Waals surface area contributed by atoms with E-state index >= 15 is 8.78 Å². The van der Waals surface area contributed by atoms with Crippen molar-refractivity contribution in [3.63, 3.8) is 0 Å². The lowest BCUT2D eigenvalue weighted by Gasteiger charge is -2.54. The summed E-state index contributed by atoms with van der Waals surface area (Å²) < 4.78 is 47.5. The van der Waals surface area contributed by atoms with Gasteiger partial charge < -0.3 is 24.4 Å². The van der Waals surface area contributed by atoms with Crippen molar-refractivity contribution in [3.05, 3.63) is 35.9 Å². The van der Waals surface area contributed by atoms with E-state index in [2.05, 4.69) is 17.4 Å². The van der Waals surface area contributed by atoms with Crippen LogP contribution in [0.25, 0.3) is 0 Å². The third-order valence-corrected chi connectivity index (χ3v) is 7.38. The lowest BCUT2D eigenvalue weighted by atomic mass is 9.75. The number of benzene rings is 1. The third-order valence-electron chi connectivity index (χ3n) is 7.38. The van der Waals surface area contributed by atoms with Gasteiger partial charge in [-0.15, -0.1) is 0 Å². The summed E-state index contributed by atoms with van der Waals surface area (Å²) >= 11 is 0. The zero-order valence-corrected chi connectivity index (χ0v) is 20.7. The Morgan fingerprint density at radius 2 is 1.83 bits per heavy atom. The fourth-order valence-electron chi connectivity index (χ4n) is 5.55. The maximum Gasteiger partial charge on any atom is 0.410 e. The molecule has 7 nitrogen and oxygen atoms in total. The Labute approximate surface area is 205 Å². The number of likely N-dealkylation sites (tertiary alicyclic amines) is 1. The molecule has 3 aliphatic rings. The molecule has 35 heavy (non-hydrogen) atoms. The van der Waals surface area contributed by atoms with Crippen LogP contribution < -0.4 is 5.32 Å². The zero-order chi connectivity index (χ0) is 25.3. The van der Waals surface area contributed by atoms with Gasteiger partial charge in [0.25, 0.3) is 5.92 Å². The average molecular weight is 495 g/mol. The molecule has 0 radical (unpaired) electrons. The number of amides is 2. The van der Waals surface area contributed by atoms with Crippen molar-refractivity contribution in [2.24, 2.45) is 0 Å². The van der Waals surface area contributed by atoms with Gasteiger partial charge in [-0.1, -0.05) is 30.3 Å². The first-order valence-corrected chi connectivity index (χ1v) is 12.5. The van der Waals surface area contributed by atoms with Crippen molar-refractivity contribution in [3.8, 4) is 0 Å². The first-order chi connectivity index (χ1) is 16.5. The summed E-state index contributed by atoms with van der Waals surface area (Å²) in [5.74, 6) is -2.78. The van der Waals surface area contributed by atoms with Crippen LogP contribution in [0, 0.1) is 0 Å². The number of carbonyl (C=O) groups is 2. The molecular formula is C26H36F2N2O5. The number of alkyl halides is 2. The fraction of sp³-hybridized carbons (Fsp3) is 0.692. The molecule has 3 fully saturated rings. The molecule has 2 aliphatic heterocycles. The van der Waals surface area contributed by atoms with Gasteiger partial charge in [0.2, 0.25) is 0 Å². The molecule has 1 N–H and O–H groups in total. The summed E-state index contributed by atoms with van der Waals surface area (Å²) in [6.07, 6.45) is 1.10. The predicted octanol–water partition coefficient (Wildman–Crippen LogP) is 5.24. The van der Waals surface area contributed by atoms with Crippen LogP contribution >= 0.6 is 0 Å². The lowest BCUT2D eigenvalue weighted by Crippen LogP contribution is -2.77. The number of ether oxygens (including phenoxy) is 3. The van der Waals surface area contributed by atoms with Crippen LogP contribution in [-0.2, 0) is 14.2 Å². The summed E-state index contributed by atoms with van der Waals surface area (Å²) in [4.78, 5) is 26.5. The first-order valence-electron chi connectivity index (χ1n) is 12.5. The van der Waals surface area contributed by atoms with Crippen LogP contribution in [0.15, 0.2) is 30.3 Å². The number of hydrogen-bond acceptors (Lipinski definition) is 5.